The minimum absolute atomic E-state index is 0.00739. The van der Waals surface area contributed by atoms with Gasteiger partial charge in [0.15, 0.2) is 0 Å². The summed E-state index contributed by atoms with van der Waals surface area (Å²) in [6.07, 6.45) is 0.829. The Kier molecular flexibility index (Phi) is 7.98. The molecule has 206 valence electrons. The first-order valence-corrected chi connectivity index (χ1v) is 13.4. The molecule has 2 aliphatic rings. The molecule has 0 radical (unpaired) electrons. The summed E-state index contributed by atoms with van der Waals surface area (Å²) in [5.74, 6) is -0.713. The molecule has 2 aliphatic carbocycles. The molecule has 0 aliphatic heterocycles. The van der Waals surface area contributed by atoms with Crippen molar-refractivity contribution in [2.24, 2.45) is 0 Å². The number of nitrogens with zero attached hydrogens (tertiary/aromatic N) is 3. The Morgan fingerprint density at radius 1 is 1.26 bits per heavy atom. The molecule has 1 heterocycles. The summed E-state index contributed by atoms with van der Waals surface area (Å²) in [6.45, 7) is 1.76. The number of carbonyl (C=O) groups excluding carboxylic acids is 1. The van der Waals surface area contributed by atoms with Gasteiger partial charge in [0.25, 0.3) is 0 Å². The Hall–Kier alpha value is -3.19. The van der Waals surface area contributed by atoms with Crippen LogP contribution in [0.4, 0.5) is 17.6 Å². The molecule has 0 spiro atoms. The number of aromatic nitrogens is 2. The van der Waals surface area contributed by atoms with Gasteiger partial charge in [-0.05, 0) is 56.5 Å². The first-order valence-electron chi connectivity index (χ1n) is 12.0. The van der Waals surface area contributed by atoms with Gasteiger partial charge in [0.1, 0.15) is 24.2 Å². The van der Waals surface area contributed by atoms with E-state index < -0.39 is 44.8 Å². The number of esters is 1. The highest BCUT2D eigenvalue weighted by Crippen LogP contribution is 2.39. The van der Waals surface area contributed by atoms with Crippen LogP contribution in [0.5, 0.6) is 5.75 Å². The van der Waals surface area contributed by atoms with Gasteiger partial charge in [-0.25, -0.2) is 12.8 Å². The van der Waals surface area contributed by atoms with Gasteiger partial charge in [-0.15, -0.1) is 0 Å². The molecule has 38 heavy (non-hydrogen) atoms. The lowest BCUT2D eigenvalue weighted by Gasteiger charge is -2.31. The first kappa shape index (κ1) is 27.8. The largest absolute Gasteiger partial charge is 0.465 e. The molecular formula is C25H27F4N3O5S. The standard InChI is InChI=1S/C25H27F4N3O5S/c1-3-36-24(33)15-32-23-6-4-5-22(21(23)14-30-32)31(2)38(34,35)20-12-16(25(27,28)29)11-19(13-20)37-18-9-7-17(26)8-10-18/h7,9-14,17,22H,3-6,8,15H2,1-2H3/t17?,22-/m1/s1. The maximum absolute atomic E-state index is 13.7. The number of rotatable bonds is 8. The van der Waals surface area contributed by atoms with Crippen LogP contribution in [0.15, 0.2) is 53.3 Å². The van der Waals surface area contributed by atoms with E-state index in [4.69, 9.17) is 9.47 Å². The minimum Gasteiger partial charge on any atom is -0.465 e. The highest BCUT2D eigenvalue weighted by molar-refractivity contribution is 7.89. The molecule has 0 fully saturated rings. The molecular weight excluding hydrogens is 530 g/mol. The topological polar surface area (TPSA) is 90.7 Å². The average Bonchev–Trinajstić information content (AvgIpc) is 3.27. The van der Waals surface area contributed by atoms with Gasteiger partial charge in [0.2, 0.25) is 10.0 Å². The Balaban J connectivity index is 1.66. The zero-order chi connectivity index (χ0) is 27.7. The summed E-state index contributed by atoms with van der Waals surface area (Å²) in [7, 11) is -3.13. The molecule has 2 aromatic rings. The van der Waals surface area contributed by atoms with Crippen molar-refractivity contribution in [3.63, 3.8) is 0 Å². The van der Waals surface area contributed by atoms with Crippen molar-refractivity contribution >= 4 is 16.0 Å². The predicted molar refractivity (Wildman–Crippen MR) is 128 cm³/mol. The fraction of sp³-hybridized carbons (Fsp3) is 0.440. The zero-order valence-corrected chi connectivity index (χ0v) is 21.6. The van der Waals surface area contributed by atoms with Crippen molar-refractivity contribution in [2.45, 2.75) is 62.4 Å². The maximum Gasteiger partial charge on any atom is 0.416 e. The van der Waals surface area contributed by atoms with Crippen molar-refractivity contribution in [3.05, 3.63) is 65.2 Å². The van der Waals surface area contributed by atoms with Crippen molar-refractivity contribution in [1.29, 1.82) is 0 Å². The summed E-state index contributed by atoms with van der Waals surface area (Å²) in [4.78, 5) is 11.3. The van der Waals surface area contributed by atoms with Crippen molar-refractivity contribution in [2.75, 3.05) is 13.7 Å². The van der Waals surface area contributed by atoms with Gasteiger partial charge in [0.05, 0.1) is 29.3 Å². The third-order valence-corrected chi connectivity index (χ3v) is 8.23. The molecule has 0 saturated carbocycles. The number of sulfonamides is 1. The van der Waals surface area contributed by atoms with Gasteiger partial charge < -0.3 is 9.47 Å². The lowest BCUT2D eigenvalue weighted by atomic mass is 9.93. The zero-order valence-electron chi connectivity index (χ0n) is 20.7. The van der Waals surface area contributed by atoms with Crippen LogP contribution in [0.3, 0.4) is 0 Å². The van der Waals surface area contributed by atoms with Crippen LogP contribution in [-0.4, -0.2) is 48.3 Å². The molecule has 8 nitrogen and oxygen atoms in total. The second-order valence-corrected chi connectivity index (χ2v) is 10.9. The molecule has 4 rings (SSSR count). The van der Waals surface area contributed by atoms with E-state index >= 15 is 0 Å². The van der Waals surface area contributed by atoms with Gasteiger partial charge >= 0.3 is 12.1 Å². The Bertz CT molecular complexity index is 1370. The number of alkyl halides is 4. The van der Waals surface area contributed by atoms with Crippen LogP contribution in [0, 0.1) is 0 Å². The van der Waals surface area contributed by atoms with E-state index in [0.29, 0.717) is 42.7 Å². The quantitative estimate of drug-likeness (QED) is 0.345. The molecule has 0 bridgehead atoms. The Labute approximate surface area is 217 Å². The van der Waals surface area contributed by atoms with Crippen LogP contribution in [0.1, 0.15) is 49.0 Å². The van der Waals surface area contributed by atoms with Crippen molar-refractivity contribution in [1.82, 2.24) is 14.1 Å². The monoisotopic (exact) mass is 557 g/mol. The van der Waals surface area contributed by atoms with E-state index in [1.54, 1.807) is 6.92 Å². The molecule has 0 N–H and O–H groups in total. The predicted octanol–water partition coefficient (Wildman–Crippen LogP) is 4.72. The second-order valence-electron chi connectivity index (χ2n) is 8.95. The lowest BCUT2D eigenvalue weighted by molar-refractivity contribution is -0.144. The SMILES string of the molecule is CCOC(=O)Cn1ncc2c1CCC[C@H]2N(C)S(=O)(=O)c1cc(OC2=CCC(F)C=C2)cc(C(F)(F)F)c1. The van der Waals surface area contributed by atoms with E-state index in [9.17, 15) is 30.8 Å². The number of hydrogen-bond donors (Lipinski definition) is 0. The number of carbonyl (C=O) groups is 1. The van der Waals surface area contributed by atoms with Gasteiger partial charge in [-0.3, -0.25) is 9.48 Å². The van der Waals surface area contributed by atoms with Gasteiger partial charge in [-0.2, -0.15) is 22.6 Å². The van der Waals surface area contributed by atoms with E-state index in [2.05, 4.69) is 5.10 Å². The summed E-state index contributed by atoms with van der Waals surface area (Å²) < 4.78 is 94.6. The van der Waals surface area contributed by atoms with Crippen LogP contribution in [0.2, 0.25) is 0 Å². The highest BCUT2D eigenvalue weighted by Gasteiger charge is 2.37. The van der Waals surface area contributed by atoms with E-state index in [1.807, 2.05) is 0 Å². The number of benzene rings is 1. The summed E-state index contributed by atoms with van der Waals surface area (Å²) in [5, 5.41) is 4.22. The molecule has 0 amide bonds. The first-order chi connectivity index (χ1) is 17.9. The summed E-state index contributed by atoms with van der Waals surface area (Å²) >= 11 is 0. The lowest BCUT2D eigenvalue weighted by Crippen LogP contribution is -2.33. The van der Waals surface area contributed by atoms with Crippen LogP contribution < -0.4 is 4.74 Å². The Morgan fingerprint density at radius 3 is 2.68 bits per heavy atom. The fourth-order valence-electron chi connectivity index (χ4n) is 4.50. The average molecular weight is 558 g/mol. The van der Waals surface area contributed by atoms with Crippen molar-refractivity contribution in [3.8, 4) is 5.75 Å². The fourth-order valence-corrected chi connectivity index (χ4v) is 5.93. The minimum atomic E-state index is -4.84. The van der Waals surface area contributed by atoms with E-state index in [0.717, 1.165) is 10.4 Å². The van der Waals surface area contributed by atoms with Crippen LogP contribution >= 0.6 is 0 Å². The molecule has 2 atom stereocenters. The smallest absolute Gasteiger partial charge is 0.416 e. The number of allylic oxidation sites excluding steroid dienone is 3. The molecule has 1 aromatic heterocycles. The van der Waals surface area contributed by atoms with Crippen molar-refractivity contribution < 1.29 is 40.2 Å². The van der Waals surface area contributed by atoms with E-state index in [1.165, 1.54) is 36.2 Å². The summed E-state index contributed by atoms with van der Waals surface area (Å²) in [5.41, 5.74) is 0.0530. The maximum atomic E-state index is 13.7. The Morgan fingerprint density at radius 2 is 2.03 bits per heavy atom. The van der Waals surface area contributed by atoms with Crippen LogP contribution in [-0.2, 0) is 38.7 Å². The molecule has 0 saturated heterocycles. The highest BCUT2D eigenvalue weighted by atomic mass is 32.2. The third kappa shape index (κ3) is 5.93. The number of fused-ring (bicyclic) bond motifs is 1. The normalized spacial score (nSPS) is 19.7. The van der Waals surface area contributed by atoms with E-state index in [-0.39, 0.29) is 31.1 Å². The summed E-state index contributed by atoms with van der Waals surface area (Å²) in [6, 6.07) is 1.58. The van der Waals surface area contributed by atoms with Gasteiger partial charge in [0, 0.05) is 30.8 Å². The van der Waals surface area contributed by atoms with Gasteiger partial charge in [-0.1, -0.05) is 0 Å². The number of ether oxygens (including phenoxy) is 2. The molecule has 13 heteroatoms. The second kappa shape index (κ2) is 10.9. The number of halogens is 4. The third-order valence-electron chi connectivity index (χ3n) is 6.39. The number of hydrogen-bond acceptors (Lipinski definition) is 6. The van der Waals surface area contributed by atoms with Crippen LogP contribution in [0.25, 0.3) is 0 Å². The molecule has 1 unspecified atom stereocenters. The molecule has 1 aromatic carbocycles.